The van der Waals surface area contributed by atoms with E-state index in [1.165, 1.54) is 0 Å². The number of hydrogen-bond donors (Lipinski definition) is 1. The average Bonchev–Trinajstić information content (AvgIpc) is 1.63. The number of nitrogens with zero attached hydrogens (tertiary/aromatic N) is 2. The maximum atomic E-state index is 5.55. The Hall–Kier alpha value is -0.700. The molecule has 0 radical (unpaired) electrons. The molecule has 0 aliphatic heterocycles. The van der Waals surface area contributed by atoms with Crippen LogP contribution in [0.1, 0.15) is 20.8 Å². The molecule has 0 saturated heterocycles. The Bertz CT molecular complexity index is 119. The molecule has 0 aliphatic carbocycles. The molecular weight excluding hydrogens is 114 g/mol. The zero-order valence-electron chi connectivity index (χ0n) is 6.13. The topological polar surface area (TPSA) is 50.7 Å². The predicted octanol–water partition coefficient (Wildman–Crippen LogP) is 0.800. The van der Waals surface area contributed by atoms with Gasteiger partial charge in [-0.2, -0.15) is 10.2 Å². The van der Waals surface area contributed by atoms with E-state index in [-0.39, 0.29) is 5.54 Å². The minimum atomic E-state index is -0.355. The first-order valence-electron chi connectivity index (χ1n) is 2.87. The van der Waals surface area contributed by atoms with Crippen LogP contribution in [0, 0.1) is 0 Å². The van der Waals surface area contributed by atoms with E-state index in [4.69, 9.17) is 5.73 Å². The van der Waals surface area contributed by atoms with E-state index in [1.807, 2.05) is 13.8 Å². The zero-order chi connectivity index (χ0) is 7.33. The van der Waals surface area contributed by atoms with Crippen molar-refractivity contribution >= 4 is 12.4 Å². The van der Waals surface area contributed by atoms with Crippen LogP contribution in [0.15, 0.2) is 10.2 Å². The highest BCUT2D eigenvalue weighted by Crippen LogP contribution is 1.89. The summed E-state index contributed by atoms with van der Waals surface area (Å²) in [7, 11) is 0. The van der Waals surface area contributed by atoms with E-state index in [0.29, 0.717) is 0 Å². The molecule has 0 fully saturated rings. The van der Waals surface area contributed by atoms with E-state index in [1.54, 1.807) is 19.4 Å². The second kappa shape index (κ2) is 3.35. The van der Waals surface area contributed by atoms with Crippen LogP contribution in [0.4, 0.5) is 0 Å². The highest BCUT2D eigenvalue weighted by molar-refractivity contribution is 5.69. The van der Waals surface area contributed by atoms with Gasteiger partial charge in [0.2, 0.25) is 0 Å². The van der Waals surface area contributed by atoms with Gasteiger partial charge in [-0.05, 0) is 20.8 Å². The Kier molecular flexibility index (Phi) is 3.09. The quantitative estimate of drug-likeness (QED) is 0.433. The molecule has 2 N–H and O–H groups in total. The second-order valence-corrected chi connectivity index (χ2v) is 2.44. The van der Waals surface area contributed by atoms with Crippen molar-refractivity contribution in [3.05, 3.63) is 0 Å². The van der Waals surface area contributed by atoms with Crippen LogP contribution >= 0.6 is 0 Å². The molecule has 0 rings (SSSR count). The van der Waals surface area contributed by atoms with Gasteiger partial charge in [-0.3, -0.25) is 0 Å². The summed E-state index contributed by atoms with van der Waals surface area (Å²) in [5, 5.41) is 7.30. The monoisotopic (exact) mass is 127 g/mol. The Morgan fingerprint density at radius 1 is 1.33 bits per heavy atom. The maximum Gasteiger partial charge on any atom is 0.0475 e. The standard InChI is InChI=1S/C6H13N3/c1-4-8-9-5-6(2,3)7/h4-5H,7H2,1-3H3/b8-4-,9-5-. The van der Waals surface area contributed by atoms with E-state index in [0.717, 1.165) is 0 Å². The Morgan fingerprint density at radius 3 is 2.22 bits per heavy atom. The summed E-state index contributed by atoms with van der Waals surface area (Å²) >= 11 is 0. The molecule has 0 aromatic carbocycles. The first kappa shape index (κ1) is 8.30. The third-order valence-corrected chi connectivity index (χ3v) is 0.573. The van der Waals surface area contributed by atoms with Crippen molar-refractivity contribution in [2.45, 2.75) is 26.3 Å². The largest absolute Gasteiger partial charge is 0.321 e. The molecule has 0 aliphatic rings. The molecule has 0 heterocycles. The van der Waals surface area contributed by atoms with Gasteiger partial charge < -0.3 is 5.73 Å². The minimum absolute atomic E-state index is 0.355. The molecule has 0 aromatic rings. The molecule has 0 aromatic heterocycles. The summed E-state index contributed by atoms with van der Waals surface area (Å²) in [6.45, 7) is 5.53. The van der Waals surface area contributed by atoms with E-state index < -0.39 is 0 Å². The van der Waals surface area contributed by atoms with Crippen molar-refractivity contribution in [2.75, 3.05) is 0 Å². The van der Waals surface area contributed by atoms with Crippen molar-refractivity contribution < 1.29 is 0 Å². The maximum absolute atomic E-state index is 5.55. The van der Waals surface area contributed by atoms with Crippen molar-refractivity contribution in [1.29, 1.82) is 0 Å². The van der Waals surface area contributed by atoms with E-state index in [2.05, 4.69) is 10.2 Å². The van der Waals surface area contributed by atoms with Crippen molar-refractivity contribution in [3.8, 4) is 0 Å². The van der Waals surface area contributed by atoms with Crippen molar-refractivity contribution in [3.63, 3.8) is 0 Å². The third kappa shape index (κ3) is 7.30. The molecule has 3 nitrogen and oxygen atoms in total. The molecular formula is C6H13N3. The lowest BCUT2D eigenvalue weighted by Gasteiger charge is -2.08. The molecule has 3 heteroatoms. The number of rotatable bonds is 2. The van der Waals surface area contributed by atoms with Gasteiger partial charge in [0.25, 0.3) is 0 Å². The summed E-state index contributed by atoms with van der Waals surface area (Å²) in [4.78, 5) is 0. The SMILES string of the molecule is C/C=N\N=C/C(C)(C)N. The second-order valence-electron chi connectivity index (χ2n) is 2.44. The lowest BCUT2D eigenvalue weighted by atomic mass is 10.1. The van der Waals surface area contributed by atoms with Gasteiger partial charge in [-0.15, -0.1) is 0 Å². The van der Waals surface area contributed by atoms with Crippen LogP contribution in [-0.4, -0.2) is 18.0 Å². The van der Waals surface area contributed by atoms with Gasteiger partial charge in [-0.25, -0.2) is 0 Å². The van der Waals surface area contributed by atoms with Gasteiger partial charge in [-0.1, -0.05) is 0 Å². The van der Waals surface area contributed by atoms with Gasteiger partial charge in [0, 0.05) is 18.0 Å². The molecule has 0 unspecified atom stereocenters. The average molecular weight is 127 g/mol. The number of nitrogens with two attached hydrogens (primary N) is 1. The van der Waals surface area contributed by atoms with E-state index >= 15 is 0 Å². The minimum Gasteiger partial charge on any atom is -0.321 e. The molecule has 52 valence electrons. The van der Waals surface area contributed by atoms with Gasteiger partial charge >= 0.3 is 0 Å². The fourth-order valence-corrected chi connectivity index (χ4v) is 0.249. The Labute approximate surface area is 55.7 Å². The van der Waals surface area contributed by atoms with Gasteiger partial charge in [0.15, 0.2) is 0 Å². The van der Waals surface area contributed by atoms with Crippen LogP contribution < -0.4 is 5.73 Å². The summed E-state index contributed by atoms with van der Waals surface area (Å²) in [6.07, 6.45) is 3.22. The molecule has 9 heavy (non-hydrogen) atoms. The van der Waals surface area contributed by atoms with E-state index in [9.17, 15) is 0 Å². The fraction of sp³-hybridized carbons (Fsp3) is 0.667. The normalized spacial score (nSPS) is 13.8. The Morgan fingerprint density at radius 2 is 1.89 bits per heavy atom. The fourth-order valence-electron chi connectivity index (χ4n) is 0.249. The first-order chi connectivity index (χ1) is 4.06. The Balaban J connectivity index is 3.71. The van der Waals surface area contributed by atoms with Crippen LogP contribution in [-0.2, 0) is 0 Å². The highest BCUT2D eigenvalue weighted by atomic mass is 15.2. The van der Waals surface area contributed by atoms with Crippen LogP contribution in [0.5, 0.6) is 0 Å². The summed E-state index contributed by atoms with van der Waals surface area (Å²) in [6, 6.07) is 0. The zero-order valence-corrected chi connectivity index (χ0v) is 6.13. The van der Waals surface area contributed by atoms with Crippen LogP contribution in [0.3, 0.4) is 0 Å². The highest BCUT2D eigenvalue weighted by Gasteiger charge is 2.03. The van der Waals surface area contributed by atoms with Gasteiger partial charge in [0.05, 0.1) is 0 Å². The van der Waals surface area contributed by atoms with Gasteiger partial charge in [0.1, 0.15) is 0 Å². The first-order valence-corrected chi connectivity index (χ1v) is 2.87. The number of hydrogen-bond acceptors (Lipinski definition) is 3. The lowest BCUT2D eigenvalue weighted by Crippen LogP contribution is -2.33. The smallest absolute Gasteiger partial charge is 0.0475 e. The lowest BCUT2D eigenvalue weighted by molar-refractivity contribution is 0.712. The summed E-state index contributed by atoms with van der Waals surface area (Å²) in [5.74, 6) is 0. The van der Waals surface area contributed by atoms with Crippen LogP contribution in [0.2, 0.25) is 0 Å². The summed E-state index contributed by atoms with van der Waals surface area (Å²) < 4.78 is 0. The predicted molar refractivity (Wildman–Crippen MR) is 40.9 cm³/mol. The summed E-state index contributed by atoms with van der Waals surface area (Å²) in [5.41, 5.74) is 5.20. The molecule has 0 spiro atoms. The molecule has 0 atom stereocenters. The van der Waals surface area contributed by atoms with Crippen molar-refractivity contribution in [1.82, 2.24) is 0 Å². The molecule has 0 bridgehead atoms. The van der Waals surface area contributed by atoms with Crippen LogP contribution in [0.25, 0.3) is 0 Å². The van der Waals surface area contributed by atoms with Crippen molar-refractivity contribution in [2.24, 2.45) is 15.9 Å². The molecule has 0 saturated carbocycles. The third-order valence-electron chi connectivity index (χ3n) is 0.573. The molecule has 0 amide bonds.